The van der Waals surface area contributed by atoms with Gasteiger partial charge in [0.1, 0.15) is 11.9 Å². The Hall–Kier alpha value is -2.50. The molecule has 1 heterocycles. The summed E-state index contributed by atoms with van der Waals surface area (Å²) in [7, 11) is 1.89. The lowest BCUT2D eigenvalue weighted by Crippen LogP contribution is -2.40. The zero-order chi connectivity index (χ0) is 19.2. The van der Waals surface area contributed by atoms with Crippen LogP contribution in [0, 0.1) is 0 Å². The molecule has 5 nitrogen and oxygen atoms in total. The lowest BCUT2D eigenvalue weighted by Gasteiger charge is -2.19. The van der Waals surface area contributed by atoms with Crippen LogP contribution in [0.4, 0.5) is 4.79 Å². The van der Waals surface area contributed by atoms with Crippen molar-refractivity contribution in [3.8, 4) is 0 Å². The summed E-state index contributed by atoms with van der Waals surface area (Å²) in [4.78, 5) is 16.8. The standard InChI is InChI=1S/C20H20Cl2N4O/c1-26-12-11-23-19(26)18(15-5-7-16(21)8-6-15)25-20(27)24-10-9-14-3-2-4-17(22)13-14/h2-8,11-13,18H,9-10H2,1H3,(H2,24,25,27)/t18-/m0/s1. The number of imidazole rings is 1. The van der Waals surface area contributed by atoms with Crippen LogP contribution in [0.15, 0.2) is 60.9 Å². The first-order valence-corrected chi connectivity index (χ1v) is 9.30. The van der Waals surface area contributed by atoms with Gasteiger partial charge in [0.2, 0.25) is 0 Å². The molecule has 0 aliphatic heterocycles. The SMILES string of the molecule is Cn1ccnc1[C@@H](NC(=O)NCCc1cccc(Cl)c1)c1ccc(Cl)cc1. The monoisotopic (exact) mass is 402 g/mol. The first kappa shape index (κ1) is 19.3. The van der Waals surface area contributed by atoms with Gasteiger partial charge >= 0.3 is 6.03 Å². The summed E-state index contributed by atoms with van der Waals surface area (Å²) in [5.74, 6) is 0.738. The van der Waals surface area contributed by atoms with E-state index in [-0.39, 0.29) is 12.1 Å². The summed E-state index contributed by atoms with van der Waals surface area (Å²) >= 11 is 12.0. The van der Waals surface area contributed by atoms with Gasteiger partial charge < -0.3 is 15.2 Å². The van der Waals surface area contributed by atoms with E-state index in [1.807, 2.05) is 54.2 Å². The highest BCUT2D eigenvalue weighted by Crippen LogP contribution is 2.22. The molecule has 3 rings (SSSR count). The molecule has 1 aromatic heterocycles. The number of carbonyl (C=O) groups excluding carboxylic acids is 1. The number of hydrogen-bond acceptors (Lipinski definition) is 2. The second-order valence-electron chi connectivity index (χ2n) is 6.16. The minimum atomic E-state index is -0.381. The van der Waals surface area contributed by atoms with Crippen molar-refractivity contribution in [2.45, 2.75) is 12.5 Å². The normalized spacial score (nSPS) is 11.8. The number of nitrogens with one attached hydrogen (secondary N) is 2. The highest BCUT2D eigenvalue weighted by Gasteiger charge is 2.20. The number of carbonyl (C=O) groups is 1. The molecular weight excluding hydrogens is 383 g/mol. The van der Waals surface area contributed by atoms with Gasteiger partial charge in [-0.2, -0.15) is 0 Å². The predicted octanol–water partition coefficient (Wildman–Crippen LogP) is 4.36. The van der Waals surface area contributed by atoms with E-state index in [4.69, 9.17) is 23.2 Å². The van der Waals surface area contributed by atoms with Crippen molar-refractivity contribution in [1.82, 2.24) is 20.2 Å². The number of aryl methyl sites for hydroxylation is 1. The molecule has 0 saturated carbocycles. The molecule has 3 aromatic rings. The van der Waals surface area contributed by atoms with E-state index in [0.717, 1.165) is 17.0 Å². The topological polar surface area (TPSA) is 59.0 Å². The number of halogens is 2. The summed E-state index contributed by atoms with van der Waals surface area (Å²) in [5, 5.41) is 7.21. The van der Waals surface area contributed by atoms with Crippen LogP contribution in [-0.2, 0) is 13.5 Å². The van der Waals surface area contributed by atoms with E-state index < -0.39 is 0 Å². The Morgan fingerprint density at radius 1 is 1.15 bits per heavy atom. The maximum atomic E-state index is 12.4. The summed E-state index contributed by atoms with van der Waals surface area (Å²) in [5.41, 5.74) is 1.97. The van der Waals surface area contributed by atoms with Gasteiger partial charge in [-0.1, -0.05) is 47.5 Å². The van der Waals surface area contributed by atoms with Crippen LogP contribution >= 0.6 is 23.2 Å². The number of urea groups is 1. The average Bonchev–Trinajstić information content (AvgIpc) is 3.06. The number of rotatable bonds is 6. The zero-order valence-corrected chi connectivity index (χ0v) is 16.3. The first-order chi connectivity index (χ1) is 13.0. The van der Waals surface area contributed by atoms with Crippen LogP contribution < -0.4 is 10.6 Å². The molecule has 0 fully saturated rings. The fraction of sp³-hybridized carbons (Fsp3) is 0.200. The van der Waals surface area contributed by atoms with Crippen LogP contribution in [0.2, 0.25) is 10.0 Å². The number of aromatic nitrogens is 2. The molecule has 2 N–H and O–H groups in total. The molecule has 0 saturated heterocycles. The van der Waals surface area contributed by atoms with Crippen LogP contribution in [0.5, 0.6) is 0 Å². The molecule has 140 valence electrons. The molecule has 2 amide bonds. The van der Waals surface area contributed by atoms with Crippen LogP contribution in [0.1, 0.15) is 23.0 Å². The Kier molecular flexibility index (Phi) is 6.37. The van der Waals surface area contributed by atoms with Crippen molar-refractivity contribution < 1.29 is 4.79 Å². The smallest absolute Gasteiger partial charge is 0.315 e. The quantitative estimate of drug-likeness (QED) is 0.643. The highest BCUT2D eigenvalue weighted by molar-refractivity contribution is 6.30. The van der Waals surface area contributed by atoms with E-state index in [1.165, 1.54) is 0 Å². The molecule has 0 spiro atoms. The van der Waals surface area contributed by atoms with Gasteiger partial charge in [0.15, 0.2) is 0 Å². The van der Waals surface area contributed by atoms with Gasteiger partial charge in [-0.05, 0) is 41.8 Å². The maximum absolute atomic E-state index is 12.4. The van der Waals surface area contributed by atoms with Gasteiger partial charge in [-0.25, -0.2) is 9.78 Å². The van der Waals surface area contributed by atoms with E-state index in [2.05, 4.69) is 15.6 Å². The molecule has 27 heavy (non-hydrogen) atoms. The van der Waals surface area contributed by atoms with Crippen molar-refractivity contribution in [2.24, 2.45) is 7.05 Å². The fourth-order valence-electron chi connectivity index (χ4n) is 2.80. The minimum absolute atomic E-state index is 0.264. The van der Waals surface area contributed by atoms with Gasteiger partial charge in [-0.3, -0.25) is 0 Å². The van der Waals surface area contributed by atoms with E-state index >= 15 is 0 Å². The molecule has 2 aromatic carbocycles. The molecule has 1 atom stereocenters. The molecule has 0 aliphatic rings. The third-order valence-electron chi connectivity index (χ3n) is 4.18. The van der Waals surface area contributed by atoms with E-state index in [9.17, 15) is 4.79 Å². The Bertz CT molecular complexity index is 908. The Morgan fingerprint density at radius 2 is 1.93 bits per heavy atom. The van der Waals surface area contributed by atoms with Gasteiger partial charge in [-0.15, -0.1) is 0 Å². The maximum Gasteiger partial charge on any atom is 0.315 e. The molecule has 0 aliphatic carbocycles. The molecule has 7 heteroatoms. The molecular formula is C20H20Cl2N4O. The number of hydrogen-bond donors (Lipinski definition) is 2. The second-order valence-corrected chi connectivity index (χ2v) is 7.03. The Labute approximate surface area is 168 Å². The van der Waals surface area contributed by atoms with Crippen molar-refractivity contribution in [2.75, 3.05) is 6.54 Å². The van der Waals surface area contributed by atoms with Crippen molar-refractivity contribution >= 4 is 29.2 Å². The summed E-state index contributed by atoms with van der Waals surface area (Å²) < 4.78 is 1.88. The van der Waals surface area contributed by atoms with Gasteiger partial charge in [0.05, 0.1) is 0 Å². The summed E-state index contributed by atoms with van der Waals surface area (Å²) in [6.07, 6.45) is 4.25. The minimum Gasteiger partial charge on any atom is -0.338 e. The summed E-state index contributed by atoms with van der Waals surface area (Å²) in [6.45, 7) is 0.500. The zero-order valence-electron chi connectivity index (χ0n) is 14.8. The van der Waals surface area contributed by atoms with E-state index in [1.54, 1.807) is 18.3 Å². The summed E-state index contributed by atoms with van der Waals surface area (Å²) in [6, 6.07) is 14.3. The predicted molar refractivity (Wildman–Crippen MR) is 108 cm³/mol. The number of amides is 2. The number of nitrogens with zero attached hydrogens (tertiary/aromatic N) is 2. The Morgan fingerprint density at radius 3 is 2.59 bits per heavy atom. The van der Waals surface area contributed by atoms with Gasteiger partial charge in [0, 0.05) is 36.0 Å². The van der Waals surface area contributed by atoms with Crippen molar-refractivity contribution in [3.63, 3.8) is 0 Å². The number of benzene rings is 2. The molecule has 0 radical (unpaired) electrons. The lowest BCUT2D eigenvalue weighted by molar-refractivity contribution is 0.238. The average molecular weight is 403 g/mol. The lowest BCUT2D eigenvalue weighted by atomic mass is 10.1. The van der Waals surface area contributed by atoms with E-state index in [0.29, 0.717) is 23.0 Å². The van der Waals surface area contributed by atoms with Crippen LogP contribution in [0.3, 0.4) is 0 Å². The van der Waals surface area contributed by atoms with Crippen molar-refractivity contribution in [3.05, 3.63) is 87.9 Å². The largest absolute Gasteiger partial charge is 0.338 e. The van der Waals surface area contributed by atoms with Crippen LogP contribution in [-0.4, -0.2) is 22.1 Å². The fourth-order valence-corrected chi connectivity index (χ4v) is 3.14. The third-order valence-corrected chi connectivity index (χ3v) is 4.67. The van der Waals surface area contributed by atoms with Crippen LogP contribution in [0.25, 0.3) is 0 Å². The van der Waals surface area contributed by atoms with Gasteiger partial charge in [0.25, 0.3) is 0 Å². The Balaban J connectivity index is 1.66. The second kappa shape index (κ2) is 8.93. The highest BCUT2D eigenvalue weighted by atomic mass is 35.5. The first-order valence-electron chi connectivity index (χ1n) is 8.54. The van der Waals surface area contributed by atoms with Crippen molar-refractivity contribution in [1.29, 1.82) is 0 Å². The third kappa shape index (κ3) is 5.25. The molecule has 0 unspecified atom stereocenters. The molecule has 0 bridgehead atoms.